The van der Waals surface area contributed by atoms with Crippen LogP contribution in [0.5, 0.6) is 0 Å². The van der Waals surface area contributed by atoms with Crippen molar-refractivity contribution in [3.8, 4) is 0 Å². The number of carbonyl (C=O) groups is 1. The summed E-state index contributed by atoms with van der Waals surface area (Å²) >= 11 is 0. The van der Waals surface area contributed by atoms with E-state index in [-0.39, 0.29) is 18.0 Å². The Morgan fingerprint density at radius 2 is 1.67 bits per heavy atom. The van der Waals surface area contributed by atoms with Gasteiger partial charge < -0.3 is 9.80 Å². The first-order chi connectivity index (χ1) is 11.6. The van der Waals surface area contributed by atoms with Crippen molar-refractivity contribution in [3.63, 3.8) is 0 Å². The standard InChI is InChI=1S/C17H18N4O3/c22-17(13-14-1-3-16(4-2-14)21(23)24)20-11-9-19(10-12-20)15-5-7-18-8-6-15/h1-8H,9-13H2/p+1. The van der Waals surface area contributed by atoms with Crippen LogP contribution in [0.2, 0.25) is 0 Å². The quantitative estimate of drug-likeness (QED) is 0.626. The summed E-state index contributed by atoms with van der Waals surface area (Å²) in [5, 5.41) is 10.7. The van der Waals surface area contributed by atoms with Crippen LogP contribution < -0.4 is 9.88 Å². The number of nitro benzene ring substituents is 1. The number of nitrogens with zero attached hydrogens (tertiary/aromatic N) is 3. The Morgan fingerprint density at radius 1 is 1.04 bits per heavy atom. The molecule has 7 heteroatoms. The topological polar surface area (TPSA) is 80.8 Å². The van der Waals surface area contributed by atoms with Crippen molar-refractivity contribution in [2.75, 3.05) is 31.1 Å². The molecule has 0 spiro atoms. The van der Waals surface area contributed by atoms with Gasteiger partial charge in [0.25, 0.3) is 5.69 Å². The molecule has 0 radical (unpaired) electrons. The monoisotopic (exact) mass is 327 g/mol. The van der Waals surface area contributed by atoms with Crippen molar-refractivity contribution >= 4 is 17.3 Å². The van der Waals surface area contributed by atoms with Crippen LogP contribution in [-0.2, 0) is 11.2 Å². The van der Waals surface area contributed by atoms with E-state index in [4.69, 9.17) is 0 Å². The number of nitro groups is 1. The van der Waals surface area contributed by atoms with Gasteiger partial charge >= 0.3 is 0 Å². The number of non-ortho nitro benzene ring substituents is 1. The third-order valence-corrected chi connectivity index (χ3v) is 4.20. The van der Waals surface area contributed by atoms with Crippen LogP contribution in [0, 0.1) is 10.1 Å². The second-order valence-corrected chi connectivity index (χ2v) is 5.73. The van der Waals surface area contributed by atoms with Gasteiger partial charge in [-0.05, 0) is 5.56 Å². The lowest BCUT2D eigenvalue weighted by atomic mass is 10.1. The van der Waals surface area contributed by atoms with E-state index >= 15 is 0 Å². The van der Waals surface area contributed by atoms with Gasteiger partial charge in [-0.2, -0.15) is 0 Å². The fourth-order valence-electron chi connectivity index (χ4n) is 2.82. The predicted molar refractivity (Wildman–Crippen MR) is 88.6 cm³/mol. The van der Waals surface area contributed by atoms with Gasteiger partial charge in [0.2, 0.25) is 5.91 Å². The molecule has 1 aliphatic heterocycles. The van der Waals surface area contributed by atoms with Crippen molar-refractivity contribution in [2.45, 2.75) is 6.42 Å². The zero-order valence-electron chi connectivity index (χ0n) is 13.2. The zero-order chi connectivity index (χ0) is 16.9. The predicted octanol–water partition coefficient (Wildman–Crippen LogP) is 1.30. The molecular weight excluding hydrogens is 308 g/mol. The molecule has 1 saturated heterocycles. The number of carbonyl (C=O) groups excluding carboxylic acids is 1. The second kappa shape index (κ2) is 7.08. The van der Waals surface area contributed by atoms with Crippen LogP contribution >= 0.6 is 0 Å². The first kappa shape index (κ1) is 15.9. The highest BCUT2D eigenvalue weighted by atomic mass is 16.6. The fraction of sp³-hybridized carbons (Fsp3) is 0.294. The van der Waals surface area contributed by atoms with Crippen LogP contribution in [0.4, 0.5) is 11.4 Å². The smallest absolute Gasteiger partial charge is 0.269 e. The lowest BCUT2D eigenvalue weighted by Gasteiger charge is -2.35. The minimum atomic E-state index is -0.438. The molecule has 0 aliphatic carbocycles. The number of rotatable bonds is 4. The van der Waals surface area contributed by atoms with Crippen molar-refractivity contribution in [1.29, 1.82) is 0 Å². The first-order valence-corrected chi connectivity index (χ1v) is 7.85. The SMILES string of the molecule is O=C(Cc1ccc([N+](=O)[O-])cc1)N1CCN(c2cc[nH+]cc2)CC1. The van der Waals surface area contributed by atoms with Gasteiger partial charge in [0.05, 0.1) is 11.3 Å². The maximum atomic E-state index is 12.4. The van der Waals surface area contributed by atoms with E-state index < -0.39 is 4.92 Å². The molecule has 1 aromatic heterocycles. The van der Waals surface area contributed by atoms with Crippen LogP contribution in [-0.4, -0.2) is 41.9 Å². The molecule has 0 bridgehead atoms. The number of H-pyrrole nitrogens is 1. The van der Waals surface area contributed by atoms with Gasteiger partial charge in [0.1, 0.15) is 0 Å². The molecule has 1 aliphatic rings. The number of aromatic nitrogens is 1. The number of piperazine rings is 1. The number of pyridine rings is 1. The van der Waals surface area contributed by atoms with E-state index in [0.29, 0.717) is 13.1 Å². The molecule has 24 heavy (non-hydrogen) atoms. The average Bonchev–Trinajstić information content (AvgIpc) is 2.63. The Bertz CT molecular complexity index is 710. The molecular formula is C17H19N4O3+. The number of hydrogen-bond donors (Lipinski definition) is 0. The largest absolute Gasteiger partial charge is 0.368 e. The van der Waals surface area contributed by atoms with Gasteiger partial charge in [-0.3, -0.25) is 14.9 Å². The number of amides is 1. The molecule has 1 N–H and O–H groups in total. The van der Waals surface area contributed by atoms with Crippen LogP contribution in [0.3, 0.4) is 0 Å². The molecule has 7 nitrogen and oxygen atoms in total. The minimum Gasteiger partial charge on any atom is -0.368 e. The van der Waals surface area contributed by atoms with Crippen molar-refractivity contribution in [3.05, 3.63) is 64.5 Å². The van der Waals surface area contributed by atoms with Gasteiger partial charge in [-0.15, -0.1) is 0 Å². The molecule has 0 saturated carbocycles. The van der Waals surface area contributed by atoms with E-state index in [1.807, 2.05) is 29.4 Å². The molecule has 1 aromatic carbocycles. The summed E-state index contributed by atoms with van der Waals surface area (Å²) in [5.74, 6) is 0.0601. The van der Waals surface area contributed by atoms with Gasteiger partial charge in [0.15, 0.2) is 12.4 Å². The lowest BCUT2D eigenvalue weighted by molar-refractivity contribution is -0.384. The third kappa shape index (κ3) is 3.68. The average molecular weight is 327 g/mol. The van der Waals surface area contributed by atoms with Crippen molar-refractivity contribution in [2.24, 2.45) is 0 Å². The highest BCUT2D eigenvalue weighted by Gasteiger charge is 2.21. The highest BCUT2D eigenvalue weighted by Crippen LogP contribution is 2.16. The molecule has 0 atom stereocenters. The maximum absolute atomic E-state index is 12.4. The Kier molecular flexibility index (Phi) is 4.69. The summed E-state index contributed by atoms with van der Waals surface area (Å²) in [6, 6.07) is 10.2. The van der Waals surface area contributed by atoms with Crippen LogP contribution in [0.25, 0.3) is 0 Å². The Morgan fingerprint density at radius 3 is 2.25 bits per heavy atom. The van der Waals surface area contributed by atoms with E-state index in [1.54, 1.807) is 12.1 Å². The lowest BCUT2D eigenvalue weighted by Crippen LogP contribution is -2.49. The molecule has 1 amide bonds. The van der Waals surface area contributed by atoms with Crippen LogP contribution in [0.15, 0.2) is 48.8 Å². The Balaban J connectivity index is 1.54. The molecule has 1 fully saturated rings. The number of hydrogen-bond acceptors (Lipinski definition) is 4. The minimum absolute atomic E-state index is 0.0416. The van der Waals surface area contributed by atoms with Gasteiger partial charge in [0, 0.05) is 56.1 Å². The normalized spacial score (nSPS) is 14.5. The highest BCUT2D eigenvalue weighted by molar-refractivity contribution is 5.79. The maximum Gasteiger partial charge on any atom is 0.269 e. The van der Waals surface area contributed by atoms with Crippen molar-refractivity contribution in [1.82, 2.24) is 4.90 Å². The number of benzene rings is 1. The molecule has 2 heterocycles. The number of anilines is 1. The molecule has 0 unspecified atom stereocenters. The molecule has 2 aromatic rings. The van der Waals surface area contributed by atoms with Crippen LogP contribution in [0.1, 0.15) is 5.56 Å². The fourth-order valence-corrected chi connectivity index (χ4v) is 2.82. The molecule has 124 valence electrons. The van der Waals surface area contributed by atoms with E-state index in [1.165, 1.54) is 12.1 Å². The summed E-state index contributed by atoms with van der Waals surface area (Å²) in [7, 11) is 0. The van der Waals surface area contributed by atoms with E-state index in [9.17, 15) is 14.9 Å². The first-order valence-electron chi connectivity index (χ1n) is 7.85. The van der Waals surface area contributed by atoms with E-state index in [0.717, 1.165) is 24.3 Å². The molecule has 3 rings (SSSR count). The Labute approximate surface area is 139 Å². The van der Waals surface area contributed by atoms with Gasteiger partial charge in [-0.1, -0.05) is 12.1 Å². The third-order valence-electron chi connectivity index (χ3n) is 4.20. The number of nitrogens with one attached hydrogen (secondary N) is 1. The van der Waals surface area contributed by atoms with Gasteiger partial charge in [-0.25, -0.2) is 4.98 Å². The Hall–Kier alpha value is -2.96. The summed E-state index contributed by atoms with van der Waals surface area (Å²) in [4.78, 5) is 29.7. The summed E-state index contributed by atoms with van der Waals surface area (Å²) in [6.45, 7) is 2.97. The van der Waals surface area contributed by atoms with E-state index in [2.05, 4.69) is 9.88 Å². The van der Waals surface area contributed by atoms with Crippen molar-refractivity contribution < 1.29 is 14.7 Å². The second-order valence-electron chi connectivity index (χ2n) is 5.73. The summed E-state index contributed by atoms with van der Waals surface area (Å²) in [6.07, 6.45) is 4.06. The number of aromatic amines is 1. The zero-order valence-corrected chi connectivity index (χ0v) is 13.2. The summed E-state index contributed by atoms with van der Waals surface area (Å²) < 4.78 is 0. The summed E-state index contributed by atoms with van der Waals surface area (Å²) in [5.41, 5.74) is 1.99.